The van der Waals surface area contributed by atoms with Gasteiger partial charge in [0.05, 0.1) is 5.69 Å². The van der Waals surface area contributed by atoms with Gasteiger partial charge in [0.2, 0.25) is 0 Å². The smallest absolute Gasteiger partial charge is 0.378 e. The maximum Gasteiger partial charge on any atom is 0.378 e. The highest BCUT2D eigenvalue weighted by Gasteiger charge is 2.16. The van der Waals surface area contributed by atoms with Crippen molar-refractivity contribution in [1.29, 1.82) is 0 Å². The fraction of sp³-hybridized carbons (Fsp3) is 0.211. The van der Waals surface area contributed by atoms with Gasteiger partial charge in [-0.3, -0.25) is 0 Å². The van der Waals surface area contributed by atoms with Crippen LogP contribution >= 0.6 is 11.3 Å². The number of fused-ring (bicyclic) bond motifs is 1. The summed E-state index contributed by atoms with van der Waals surface area (Å²) in [6.45, 7) is 6.05. The molecule has 0 bridgehead atoms. The molecule has 0 aliphatic heterocycles. The van der Waals surface area contributed by atoms with Crippen LogP contribution in [-0.2, 0) is 11.3 Å². The number of nitrogens with one attached hydrogen (secondary N) is 1. The van der Waals surface area contributed by atoms with Crippen LogP contribution in [0.1, 0.15) is 33.1 Å². The van der Waals surface area contributed by atoms with Crippen LogP contribution in [0.4, 0.5) is 10.8 Å². The van der Waals surface area contributed by atoms with Crippen molar-refractivity contribution in [1.82, 2.24) is 24.6 Å². The minimum absolute atomic E-state index is 0.0227. The zero-order valence-electron chi connectivity index (χ0n) is 15.6. The molecule has 4 aromatic rings. The Hall–Kier alpha value is -3.33. The molecule has 3 aromatic heterocycles. The van der Waals surface area contributed by atoms with Gasteiger partial charge in [0, 0.05) is 23.0 Å². The molecule has 1 N–H and O–H groups in total. The van der Waals surface area contributed by atoms with E-state index in [0.717, 1.165) is 16.5 Å². The topological polar surface area (TPSA) is 94.3 Å². The summed E-state index contributed by atoms with van der Waals surface area (Å²) in [5.41, 5.74) is 4.90. The molecule has 142 valence electrons. The second-order valence-corrected chi connectivity index (χ2v) is 7.24. The van der Waals surface area contributed by atoms with E-state index < -0.39 is 5.97 Å². The summed E-state index contributed by atoms with van der Waals surface area (Å²) in [5, 5.41) is 9.99. The standard InChI is InChI=1S/C19H18N6O2S/c1-11-4-5-14(8-12(11)2)21-19-22-15(10-28-19)9-27-17(26)16-23-18-20-7-6-13(3)25(18)24-16/h4-8,10H,9H2,1-3H3,(H,21,22). The molecule has 0 saturated heterocycles. The van der Waals surface area contributed by atoms with Crippen molar-refractivity contribution in [3.8, 4) is 0 Å². The number of carbonyl (C=O) groups is 1. The Morgan fingerprint density at radius 2 is 2.04 bits per heavy atom. The maximum absolute atomic E-state index is 12.2. The van der Waals surface area contributed by atoms with Crippen molar-refractivity contribution < 1.29 is 9.53 Å². The molecule has 3 heterocycles. The lowest BCUT2D eigenvalue weighted by atomic mass is 10.1. The van der Waals surface area contributed by atoms with Crippen LogP contribution in [0.2, 0.25) is 0 Å². The SMILES string of the molecule is Cc1ccc(Nc2nc(COC(=O)c3nc4nccc(C)n4n3)cs2)cc1C. The second-order valence-electron chi connectivity index (χ2n) is 6.38. The fourth-order valence-corrected chi connectivity index (χ4v) is 3.29. The quantitative estimate of drug-likeness (QED) is 0.517. The van der Waals surface area contributed by atoms with Crippen LogP contribution in [0.15, 0.2) is 35.8 Å². The van der Waals surface area contributed by atoms with Crippen LogP contribution in [0.3, 0.4) is 0 Å². The predicted octanol–water partition coefficient (Wildman–Crippen LogP) is 3.61. The monoisotopic (exact) mass is 394 g/mol. The average Bonchev–Trinajstić information content (AvgIpc) is 3.30. The third kappa shape index (κ3) is 3.70. The van der Waals surface area contributed by atoms with E-state index in [2.05, 4.69) is 51.3 Å². The van der Waals surface area contributed by atoms with Gasteiger partial charge in [-0.05, 0) is 50.1 Å². The van der Waals surface area contributed by atoms with E-state index in [0.29, 0.717) is 11.5 Å². The summed E-state index contributed by atoms with van der Waals surface area (Å²) in [4.78, 5) is 24.9. The van der Waals surface area contributed by atoms with E-state index in [4.69, 9.17) is 4.74 Å². The first-order chi connectivity index (χ1) is 13.5. The number of benzene rings is 1. The Labute approximate surface area is 165 Å². The summed E-state index contributed by atoms with van der Waals surface area (Å²) in [7, 11) is 0. The number of carbonyl (C=O) groups excluding carboxylic acids is 1. The highest BCUT2D eigenvalue weighted by Crippen LogP contribution is 2.23. The Bertz CT molecular complexity index is 1170. The number of anilines is 2. The predicted molar refractivity (Wildman–Crippen MR) is 106 cm³/mol. The number of thiazole rings is 1. The van der Waals surface area contributed by atoms with E-state index in [-0.39, 0.29) is 12.4 Å². The highest BCUT2D eigenvalue weighted by atomic mass is 32.1. The molecular weight excluding hydrogens is 376 g/mol. The molecule has 0 amide bonds. The number of hydrogen-bond acceptors (Lipinski definition) is 8. The summed E-state index contributed by atoms with van der Waals surface area (Å²) in [6, 6.07) is 7.93. The van der Waals surface area contributed by atoms with E-state index >= 15 is 0 Å². The number of rotatable bonds is 5. The Morgan fingerprint density at radius 1 is 1.18 bits per heavy atom. The first-order valence-corrected chi connectivity index (χ1v) is 9.52. The molecule has 0 aliphatic carbocycles. The number of aryl methyl sites for hydroxylation is 3. The molecular formula is C19H18N6O2S. The molecule has 0 spiro atoms. The third-order valence-corrected chi connectivity index (χ3v) is 5.08. The first kappa shape index (κ1) is 18.1. The summed E-state index contributed by atoms with van der Waals surface area (Å²) >= 11 is 1.45. The summed E-state index contributed by atoms with van der Waals surface area (Å²) in [6.07, 6.45) is 1.62. The molecule has 0 saturated carbocycles. The van der Waals surface area contributed by atoms with Gasteiger partial charge in [0.1, 0.15) is 6.61 Å². The molecule has 0 unspecified atom stereocenters. The van der Waals surface area contributed by atoms with Crippen molar-refractivity contribution in [3.63, 3.8) is 0 Å². The van der Waals surface area contributed by atoms with E-state index in [1.165, 1.54) is 27.0 Å². The van der Waals surface area contributed by atoms with Crippen molar-refractivity contribution in [2.75, 3.05) is 5.32 Å². The third-order valence-electron chi connectivity index (χ3n) is 4.27. The van der Waals surface area contributed by atoms with Gasteiger partial charge in [-0.25, -0.2) is 19.3 Å². The van der Waals surface area contributed by atoms with Gasteiger partial charge >= 0.3 is 5.97 Å². The fourth-order valence-electron chi connectivity index (χ4n) is 2.57. The number of esters is 1. The molecule has 9 heteroatoms. The van der Waals surface area contributed by atoms with Crippen molar-refractivity contribution in [3.05, 3.63) is 64.2 Å². The lowest BCUT2D eigenvalue weighted by molar-refractivity contribution is 0.0454. The normalized spacial score (nSPS) is 11.0. The molecule has 0 fully saturated rings. The largest absolute Gasteiger partial charge is 0.453 e. The number of hydrogen-bond donors (Lipinski definition) is 1. The molecule has 4 rings (SSSR count). The molecule has 0 atom stereocenters. The molecule has 0 aliphatic rings. The Balaban J connectivity index is 1.40. The Morgan fingerprint density at radius 3 is 2.82 bits per heavy atom. The molecule has 1 aromatic carbocycles. The lowest BCUT2D eigenvalue weighted by Crippen LogP contribution is -2.08. The Kier molecular flexibility index (Phi) is 4.74. The van der Waals surface area contributed by atoms with E-state index in [1.54, 1.807) is 12.3 Å². The van der Waals surface area contributed by atoms with Crippen LogP contribution in [0.25, 0.3) is 5.78 Å². The number of aromatic nitrogens is 5. The minimum atomic E-state index is -0.610. The van der Waals surface area contributed by atoms with Crippen LogP contribution < -0.4 is 5.32 Å². The lowest BCUT2D eigenvalue weighted by Gasteiger charge is -2.05. The first-order valence-electron chi connectivity index (χ1n) is 8.64. The van der Waals surface area contributed by atoms with Gasteiger partial charge in [-0.1, -0.05) is 6.07 Å². The van der Waals surface area contributed by atoms with Gasteiger partial charge in [-0.15, -0.1) is 16.4 Å². The number of nitrogens with zero attached hydrogens (tertiary/aromatic N) is 5. The minimum Gasteiger partial charge on any atom is -0.453 e. The zero-order valence-corrected chi connectivity index (χ0v) is 16.4. The maximum atomic E-state index is 12.2. The van der Waals surface area contributed by atoms with Crippen molar-refractivity contribution >= 4 is 33.9 Å². The van der Waals surface area contributed by atoms with E-state index in [1.807, 2.05) is 18.4 Å². The summed E-state index contributed by atoms with van der Waals surface area (Å²) in [5.74, 6) is -0.271. The highest BCUT2D eigenvalue weighted by molar-refractivity contribution is 7.13. The zero-order chi connectivity index (χ0) is 19.7. The second kappa shape index (κ2) is 7.35. The van der Waals surface area contributed by atoms with Crippen LogP contribution in [0, 0.1) is 20.8 Å². The molecule has 28 heavy (non-hydrogen) atoms. The van der Waals surface area contributed by atoms with Gasteiger partial charge in [0.15, 0.2) is 5.13 Å². The average molecular weight is 394 g/mol. The van der Waals surface area contributed by atoms with Crippen LogP contribution in [-0.4, -0.2) is 30.5 Å². The van der Waals surface area contributed by atoms with Crippen molar-refractivity contribution in [2.45, 2.75) is 27.4 Å². The van der Waals surface area contributed by atoms with Gasteiger partial charge in [-0.2, -0.15) is 4.98 Å². The van der Waals surface area contributed by atoms with Gasteiger partial charge in [0.25, 0.3) is 11.6 Å². The van der Waals surface area contributed by atoms with E-state index in [9.17, 15) is 4.79 Å². The molecule has 8 nitrogen and oxygen atoms in total. The number of ether oxygens (including phenoxy) is 1. The van der Waals surface area contributed by atoms with Gasteiger partial charge < -0.3 is 10.1 Å². The van der Waals surface area contributed by atoms with Crippen molar-refractivity contribution in [2.24, 2.45) is 0 Å². The summed E-state index contributed by atoms with van der Waals surface area (Å²) < 4.78 is 6.80. The van der Waals surface area contributed by atoms with Crippen LogP contribution in [0.5, 0.6) is 0 Å². The molecule has 0 radical (unpaired) electrons.